The Kier molecular flexibility index (Phi) is 4.56. The second kappa shape index (κ2) is 6.95. The molecule has 0 amide bonds. The van der Waals surface area contributed by atoms with E-state index < -0.39 is 0 Å². The van der Waals surface area contributed by atoms with E-state index in [1.807, 2.05) is 29.7 Å². The molecule has 3 aromatic heterocycles. The SMILES string of the molecule is CCn1cnnc1CCNc1cc(C)nc(-c2cccnc2)n1. The number of rotatable bonds is 6. The van der Waals surface area contributed by atoms with Gasteiger partial charge in [0.2, 0.25) is 0 Å². The van der Waals surface area contributed by atoms with Crippen LogP contribution >= 0.6 is 0 Å². The minimum atomic E-state index is 0.678. The lowest BCUT2D eigenvalue weighted by Gasteiger charge is -2.09. The number of hydrogen-bond acceptors (Lipinski definition) is 6. The number of nitrogens with zero attached hydrogens (tertiary/aromatic N) is 6. The van der Waals surface area contributed by atoms with Gasteiger partial charge in [0.15, 0.2) is 5.82 Å². The molecule has 0 fully saturated rings. The fourth-order valence-corrected chi connectivity index (χ4v) is 2.32. The lowest BCUT2D eigenvalue weighted by molar-refractivity contribution is 0.697. The van der Waals surface area contributed by atoms with E-state index in [0.29, 0.717) is 5.82 Å². The normalized spacial score (nSPS) is 10.7. The molecule has 0 aliphatic carbocycles. The molecule has 7 nitrogen and oxygen atoms in total. The second-order valence-corrected chi connectivity index (χ2v) is 5.17. The van der Waals surface area contributed by atoms with Gasteiger partial charge in [-0.05, 0) is 26.0 Å². The Morgan fingerprint density at radius 3 is 2.96 bits per heavy atom. The Morgan fingerprint density at radius 1 is 1.26 bits per heavy atom. The highest BCUT2D eigenvalue weighted by Gasteiger charge is 2.06. The van der Waals surface area contributed by atoms with Crippen LogP contribution < -0.4 is 5.32 Å². The van der Waals surface area contributed by atoms with Crippen LogP contribution in [0.4, 0.5) is 5.82 Å². The molecule has 0 bridgehead atoms. The van der Waals surface area contributed by atoms with Crippen LogP contribution in [0, 0.1) is 6.92 Å². The summed E-state index contributed by atoms with van der Waals surface area (Å²) in [7, 11) is 0. The van der Waals surface area contributed by atoms with Crippen LogP contribution in [-0.2, 0) is 13.0 Å². The summed E-state index contributed by atoms with van der Waals surface area (Å²) in [5.41, 5.74) is 1.82. The third-order valence-corrected chi connectivity index (χ3v) is 3.47. The van der Waals surface area contributed by atoms with E-state index in [2.05, 4.69) is 37.4 Å². The standard InChI is InChI=1S/C16H19N7/c1-3-23-11-19-22-15(23)6-8-18-14-9-12(2)20-16(21-14)13-5-4-7-17-10-13/h4-5,7,9-11H,3,6,8H2,1-2H3,(H,18,20,21). The Bertz CT molecular complexity index is 767. The average Bonchev–Trinajstić information content (AvgIpc) is 3.03. The summed E-state index contributed by atoms with van der Waals surface area (Å²) >= 11 is 0. The largest absolute Gasteiger partial charge is 0.369 e. The summed E-state index contributed by atoms with van der Waals surface area (Å²) in [6.07, 6.45) is 6.05. The molecule has 0 unspecified atom stereocenters. The number of hydrogen-bond donors (Lipinski definition) is 1. The van der Waals surface area contributed by atoms with E-state index >= 15 is 0 Å². The van der Waals surface area contributed by atoms with E-state index in [-0.39, 0.29) is 0 Å². The first-order valence-electron chi connectivity index (χ1n) is 7.63. The third kappa shape index (κ3) is 3.68. The van der Waals surface area contributed by atoms with Crippen molar-refractivity contribution in [1.82, 2.24) is 29.7 Å². The van der Waals surface area contributed by atoms with E-state index in [1.54, 1.807) is 18.7 Å². The highest BCUT2D eigenvalue weighted by molar-refractivity contribution is 5.56. The molecule has 0 atom stereocenters. The molecular weight excluding hydrogens is 290 g/mol. The molecule has 0 aromatic carbocycles. The molecule has 118 valence electrons. The fraction of sp³-hybridized carbons (Fsp3) is 0.312. The van der Waals surface area contributed by atoms with Gasteiger partial charge in [-0.25, -0.2) is 9.97 Å². The summed E-state index contributed by atoms with van der Waals surface area (Å²) < 4.78 is 2.04. The molecule has 3 aromatic rings. The predicted octanol–water partition coefficient (Wildman–Crippen LogP) is 2.11. The zero-order chi connectivity index (χ0) is 16.1. The Labute approximate surface area is 134 Å². The van der Waals surface area contributed by atoms with Crippen molar-refractivity contribution in [2.45, 2.75) is 26.8 Å². The van der Waals surface area contributed by atoms with Gasteiger partial charge in [0.05, 0.1) is 0 Å². The molecular formula is C16H19N7. The monoisotopic (exact) mass is 309 g/mol. The van der Waals surface area contributed by atoms with Crippen molar-refractivity contribution < 1.29 is 0 Å². The number of nitrogens with one attached hydrogen (secondary N) is 1. The lowest BCUT2D eigenvalue weighted by Crippen LogP contribution is -2.11. The van der Waals surface area contributed by atoms with Gasteiger partial charge >= 0.3 is 0 Å². The lowest BCUT2D eigenvalue weighted by atomic mass is 10.2. The van der Waals surface area contributed by atoms with E-state index in [9.17, 15) is 0 Å². The smallest absolute Gasteiger partial charge is 0.163 e. The topological polar surface area (TPSA) is 81.4 Å². The van der Waals surface area contributed by atoms with Gasteiger partial charge in [-0.2, -0.15) is 0 Å². The van der Waals surface area contributed by atoms with Crippen molar-refractivity contribution in [2.24, 2.45) is 0 Å². The summed E-state index contributed by atoms with van der Waals surface area (Å²) in [6.45, 7) is 5.65. The van der Waals surface area contributed by atoms with Crippen molar-refractivity contribution in [3.8, 4) is 11.4 Å². The molecule has 3 rings (SSSR count). The van der Waals surface area contributed by atoms with Crippen LogP contribution in [0.15, 0.2) is 36.9 Å². The number of aromatic nitrogens is 6. The molecule has 0 saturated carbocycles. The Hall–Kier alpha value is -2.83. The van der Waals surface area contributed by atoms with Gasteiger partial charge in [-0.3, -0.25) is 4.98 Å². The van der Waals surface area contributed by atoms with Gasteiger partial charge in [0, 0.05) is 49.2 Å². The quantitative estimate of drug-likeness (QED) is 0.751. The third-order valence-electron chi connectivity index (χ3n) is 3.47. The second-order valence-electron chi connectivity index (χ2n) is 5.17. The minimum absolute atomic E-state index is 0.678. The maximum Gasteiger partial charge on any atom is 0.163 e. The van der Waals surface area contributed by atoms with Gasteiger partial charge in [-0.15, -0.1) is 10.2 Å². The number of pyridine rings is 1. The van der Waals surface area contributed by atoms with Crippen LogP contribution in [0.3, 0.4) is 0 Å². The molecule has 1 N–H and O–H groups in total. The van der Waals surface area contributed by atoms with E-state index in [1.165, 1.54) is 0 Å². The minimum Gasteiger partial charge on any atom is -0.369 e. The summed E-state index contributed by atoms with van der Waals surface area (Å²) in [6, 6.07) is 5.77. The van der Waals surface area contributed by atoms with Crippen LogP contribution in [0.25, 0.3) is 11.4 Å². The fourth-order valence-electron chi connectivity index (χ4n) is 2.32. The molecule has 0 radical (unpaired) electrons. The first-order valence-corrected chi connectivity index (χ1v) is 7.63. The zero-order valence-corrected chi connectivity index (χ0v) is 13.3. The first kappa shape index (κ1) is 15.1. The maximum atomic E-state index is 4.56. The van der Waals surface area contributed by atoms with Gasteiger partial charge < -0.3 is 9.88 Å². The Morgan fingerprint density at radius 2 is 2.17 bits per heavy atom. The summed E-state index contributed by atoms with van der Waals surface area (Å²) in [4.78, 5) is 13.1. The molecule has 0 aliphatic rings. The molecule has 7 heteroatoms. The molecule has 23 heavy (non-hydrogen) atoms. The molecule has 0 saturated heterocycles. The maximum absolute atomic E-state index is 4.56. The van der Waals surface area contributed by atoms with Crippen molar-refractivity contribution >= 4 is 5.82 Å². The molecule has 3 heterocycles. The van der Waals surface area contributed by atoms with E-state index in [0.717, 1.165) is 42.4 Å². The zero-order valence-electron chi connectivity index (χ0n) is 13.3. The predicted molar refractivity (Wildman–Crippen MR) is 87.9 cm³/mol. The molecule has 0 spiro atoms. The van der Waals surface area contributed by atoms with Crippen molar-refractivity contribution in [1.29, 1.82) is 0 Å². The van der Waals surface area contributed by atoms with Crippen molar-refractivity contribution in [2.75, 3.05) is 11.9 Å². The first-order chi connectivity index (χ1) is 11.3. The average molecular weight is 309 g/mol. The van der Waals surface area contributed by atoms with Crippen LogP contribution in [0.5, 0.6) is 0 Å². The van der Waals surface area contributed by atoms with Crippen LogP contribution in [-0.4, -0.2) is 36.3 Å². The van der Waals surface area contributed by atoms with Crippen LogP contribution in [0.2, 0.25) is 0 Å². The van der Waals surface area contributed by atoms with E-state index in [4.69, 9.17) is 0 Å². The van der Waals surface area contributed by atoms with Gasteiger partial charge in [-0.1, -0.05) is 0 Å². The Balaban J connectivity index is 1.70. The highest BCUT2D eigenvalue weighted by atomic mass is 15.3. The van der Waals surface area contributed by atoms with Crippen LogP contribution in [0.1, 0.15) is 18.4 Å². The van der Waals surface area contributed by atoms with Gasteiger partial charge in [0.1, 0.15) is 18.0 Å². The summed E-state index contributed by atoms with van der Waals surface area (Å²) in [5.74, 6) is 2.45. The number of aryl methyl sites for hydroxylation is 2. The van der Waals surface area contributed by atoms with Crippen molar-refractivity contribution in [3.63, 3.8) is 0 Å². The van der Waals surface area contributed by atoms with Crippen molar-refractivity contribution in [3.05, 3.63) is 48.4 Å². The summed E-state index contributed by atoms with van der Waals surface area (Å²) in [5, 5.41) is 11.4. The highest BCUT2D eigenvalue weighted by Crippen LogP contribution is 2.16. The van der Waals surface area contributed by atoms with Gasteiger partial charge in [0.25, 0.3) is 0 Å². The molecule has 0 aliphatic heterocycles. The number of anilines is 1.